The summed E-state index contributed by atoms with van der Waals surface area (Å²) in [6.45, 7) is 4.03. The van der Waals surface area contributed by atoms with E-state index < -0.39 is 30.1 Å². The first-order chi connectivity index (χ1) is 11.7. The molecule has 4 atom stereocenters. The molecule has 0 radical (unpaired) electrons. The highest BCUT2D eigenvalue weighted by Gasteiger charge is 2.36. The Morgan fingerprint density at radius 1 is 1.40 bits per heavy atom. The van der Waals surface area contributed by atoms with Gasteiger partial charge in [-0.2, -0.15) is 13.2 Å². The molecule has 1 N–H and O–H groups in total. The molecule has 1 aliphatic rings. The Kier molecular flexibility index (Phi) is 7.51. The Balaban J connectivity index is 2.00. The molecule has 1 saturated heterocycles. The average molecular weight is 474 g/mol. The molecule has 1 aromatic carbocycles. The third kappa shape index (κ3) is 5.78. The van der Waals surface area contributed by atoms with Crippen molar-refractivity contribution in [3.8, 4) is 0 Å². The lowest BCUT2D eigenvalue weighted by Gasteiger charge is -2.37. The topological polar surface area (TPSA) is 47.9 Å². The van der Waals surface area contributed by atoms with E-state index in [0.29, 0.717) is 9.13 Å². The van der Waals surface area contributed by atoms with E-state index in [4.69, 9.17) is 14.2 Å². The van der Waals surface area contributed by atoms with Crippen molar-refractivity contribution in [1.29, 1.82) is 0 Å². The third-order valence-electron chi connectivity index (χ3n) is 3.95. The molecule has 1 aliphatic heterocycles. The van der Waals surface area contributed by atoms with Gasteiger partial charge in [0.2, 0.25) is 0 Å². The van der Waals surface area contributed by atoms with E-state index in [2.05, 4.69) is 0 Å². The number of benzene rings is 1. The quantitative estimate of drug-likeness (QED) is 0.631. The molecule has 4 nitrogen and oxygen atoms in total. The van der Waals surface area contributed by atoms with Crippen molar-refractivity contribution in [2.24, 2.45) is 0 Å². The summed E-state index contributed by atoms with van der Waals surface area (Å²) in [4.78, 5) is 0. The van der Waals surface area contributed by atoms with Crippen LogP contribution in [0.5, 0.6) is 0 Å². The number of aliphatic hydroxyl groups excluding tert-OH is 1. The van der Waals surface area contributed by atoms with Crippen LogP contribution in [0.1, 0.15) is 37.8 Å². The largest absolute Gasteiger partial charge is 0.416 e. The first-order valence-corrected chi connectivity index (χ1v) is 9.22. The molecule has 0 amide bonds. The normalized spacial score (nSPS) is 25.8. The van der Waals surface area contributed by atoms with Gasteiger partial charge in [0.1, 0.15) is 12.2 Å². The van der Waals surface area contributed by atoms with Crippen molar-refractivity contribution in [3.05, 3.63) is 32.9 Å². The molecule has 1 fully saturated rings. The first kappa shape index (κ1) is 20.9. The van der Waals surface area contributed by atoms with Crippen molar-refractivity contribution in [2.45, 2.75) is 64.1 Å². The van der Waals surface area contributed by atoms with E-state index in [9.17, 15) is 18.3 Å². The zero-order valence-corrected chi connectivity index (χ0v) is 16.2. The second-order valence-electron chi connectivity index (χ2n) is 6.05. The maximum atomic E-state index is 12.7. The van der Waals surface area contributed by atoms with E-state index in [-0.39, 0.29) is 19.5 Å². The summed E-state index contributed by atoms with van der Waals surface area (Å²) in [5.41, 5.74) is -0.0390. The summed E-state index contributed by atoms with van der Waals surface area (Å²) >= 11 is 1.86. The summed E-state index contributed by atoms with van der Waals surface area (Å²) in [5, 5.41) is 9.92. The van der Waals surface area contributed by atoms with Crippen molar-refractivity contribution in [2.75, 3.05) is 6.61 Å². The summed E-state index contributed by atoms with van der Waals surface area (Å²) < 4.78 is 55.7. The van der Waals surface area contributed by atoms with E-state index >= 15 is 0 Å². The van der Waals surface area contributed by atoms with Crippen LogP contribution in [-0.2, 0) is 27.0 Å². The van der Waals surface area contributed by atoms with Crippen LogP contribution in [0.25, 0.3) is 0 Å². The first-order valence-electron chi connectivity index (χ1n) is 8.14. The lowest BCUT2D eigenvalue weighted by atomic mass is 10.1. The van der Waals surface area contributed by atoms with Crippen LogP contribution in [0.4, 0.5) is 13.2 Å². The molecule has 25 heavy (non-hydrogen) atoms. The van der Waals surface area contributed by atoms with Crippen LogP contribution in [0.3, 0.4) is 0 Å². The second-order valence-corrected chi connectivity index (χ2v) is 7.21. The molecular formula is C17H22F3IO4. The lowest BCUT2D eigenvalue weighted by Crippen LogP contribution is -2.50. The van der Waals surface area contributed by atoms with Gasteiger partial charge in [-0.3, -0.25) is 0 Å². The van der Waals surface area contributed by atoms with Crippen molar-refractivity contribution in [3.63, 3.8) is 0 Å². The highest BCUT2D eigenvalue weighted by atomic mass is 127. The minimum atomic E-state index is -4.37. The Morgan fingerprint density at radius 3 is 2.68 bits per heavy atom. The second kappa shape index (κ2) is 8.98. The fourth-order valence-electron chi connectivity index (χ4n) is 2.59. The maximum Gasteiger partial charge on any atom is 0.416 e. The Hall–Kier alpha value is -0.420. The third-order valence-corrected chi connectivity index (χ3v) is 4.96. The molecule has 0 aromatic heterocycles. The minimum absolute atomic E-state index is 0.120. The predicted molar refractivity (Wildman–Crippen MR) is 93.9 cm³/mol. The van der Waals surface area contributed by atoms with Crippen molar-refractivity contribution < 1.29 is 32.5 Å². The Labute approximate surface area is 158 Å². The van der Waals surface area contributed by atoms with Gasteiger partial charge >= 0.3 is 6.18 Å². The zero-order valence-electron chi connectivity index (χ0n) is 14.1. The molecule has 0 aliphatic carbocycles. The Bertz CT molecular complexity index is 565. The van der Waals surface area contributed by atoms with Crippen LogP contribution >= 0.6 is 22.6 Å². The number of halogens is 4. The molecule has 1 aromatic rings. The average Bonchev–Trinajstić information content (AvgIpc) is 2.53. The highest BCUT2D eigenvalue weighted by molar-refractivity contribution is 14.1. The molecule has 2 rings (SSSR count). The SMILES string of the molecule is CCC[C@H]1OC[C@@H](OCc2ccc(C(F)(F)F)cc2I)[C@@H](C(C)O)O1. The summed E-state index contributed by atoms with van der Waals surface area (Å²) in [7, 11) is 0. The van der Waals surface area contributed by atoms with Crippen molar-refractivity contribution in [1.82, 2.24) is 0 Å². The summed E-state index contributed by atoms with van der Waals surface area (Å²) in [6.07, 6.45) is -4.85. The molecule has 1 unspecified atom stereocenters. The van der Waals surface area contributed by atoms with Gasteiger partial charge in [0, 0.05) is 3.57 Å². The number of alkyl halides is 3. The van der Waals surface area contributed by atoms with Crippen LogP contribution < -0.4 is 0 Å². The van der Waals surface area contributed by atoms with Crippen LogP contribution in [0.2, 0.25) is 0 Å². The van der Waals surface area contributed by atoms with E-state index in [0.717, 1.165) is 25.0 Å². The molecule has 0 bridgehead atoms. The standard InChI is InChI=1S/C17H22F3IO4/c1-3-4-15-24-9-14(16(25-15)10(2)22)23-8-11-5-6-12(7-13(11)21)17(18,19)20/h5-7,10,14-16,22H,3-4,8-9H2,1-2H3/t10?,14-,15+,16-/m1/s1. The predicted octanol–water partition coefficient (Wildman–Crippen LogP) is 4.12. The molecule has 0 saturated carbocycles. The van der Waals surface area contributed by atoms with E-state index in [1.54, 1.807) is 6.92 Å². The highest BCUT2D eigenvalue weighted by Crippen LogP contribution is 2.31. The maximum absolute atomic E-state index is 12.7. The fraction of sp³-hybridized carbons (Fsp3) is 0.647. The molecular weight excluding hydrogens is 452 g/mol. The van der Waals surface area contributed by atoms with Gasteiger partial charge in [-0.05, 0) is 53.6 Å². The van der Waals surface area contributed by atoms with E-state index in [1.165, 1.54) is 6.07 Å². The molecule has 0 spiro atoms. The number of ether oxygens (including phenoxy) is 3. The zero-order chi connectivity index (χ0) is 18.6. The number of hydrogen-bond acceptors (Lipinski definition) is 4. The van der Waals surface area contributed by atoms with Gasteiger partial charge in [-0.25, -0.2) is 0 Å². The van der Waals surface area contributed by atoms with Gasteiger partial charge in [0.05, 0.1) is 24.9 Å². The van der Waals surface area contributed by atoms with Crippen LogP contribution in [0, 0.1) is 3.57 Å². The number of aliphatic hydroxyl groups is 1. The molecule has 8 heteroatoms. The molecule has 142 valence electrons. The van der Waals surface area contributed by atoms with Crippen LogP contribution in [0.15, 0.2) is 18.2 Å². The lowest BCUT2D eigenvalue weighted by molar-refractivity contribution is -0.281. The summed E-state index contributed by atoms with van der Waals surface area (Å²) in [5.74, 6) is 0. The van der Waals surface area contributed by atoms with Gasteiger partial charge in [0.15, 0.2) is 6.29 Å². The minimum Gasteiger partial charge on any atom is -0.391 e. The van der Waals surface area contributed by atoms with E-state index in [1.807, 2.05) is 29.5 Å². The number of hydrogen-bond donors (Lipinski definition) is 1. The number of rotatable bonds is 6. The van der Waals surface area contributed by atoms with Gasteiger partial charge in [0.25, 0.3) is 0 Å². The van der Waals surface area contributed by atoms with Gasteiger partial charge < -0.3 is 19.3 Å². The van der Waals surface area contributed by atoms with Gasteiger partial charge in [-0.15, -0.1) is 0 Å². The Morgan fingerprint density at radius 2 is 2.12 bits per heavy atom. The summed E-state index contributed by atoms with van der Waals surface area (Å²) in [6, 6.07) is 3.54. The van der Waals surface area contributed by atoms with Crippen LogP contribution in [-0.4, -0.2) is 36.3 Å². The smallest absolute Gasteiger partial charge is 0.391 e. The van der Waals surface area contributed by atoms with Gasteiger partial charge in [-0.1, -0.05) is 19.4 Å². The monoisotopic (exact) mass is 474 g/mol. The molecule has 1 heterocycles. The fourth-order valence-corrected chi connectivity index (χ4v) is 3.26. The van der Waals surface area contributed by atoms with Crippen molar-refractivity contribution >= 4 is 22.6 Å².